The molecule has 2 heterocycles. The van der Waals surface area contributed by atoms with Crippen molar-refractivity contribution in [2.45, 2.75) is 38.0 Å². The van der Waals surface area contributed by atoms with Crippen molar-refractivity contribution in [3.63, 3.8) is 0 Å². The Balaban J connectivity index is 1.43. The average Bonchev–Trinajstić information content (AvgIpc) is 2.79. The standard InChI is InChI=1S/C23H26N2O5/c1-28-17-12-16-10-11-25-19(21(16)20(13-17)29-2)9-8-18(22(25)26)24-23(27)30-14-15-6-4-3-5-7-15/h3-7,12-13,18-19H,8-11,14H2,1-2H3,(H,24,27)/t18-,19+/m0/s1. The fourth-order valence-electron chi connectivity index (χ4n) is 4.33. The first-order valence-corrected chi connectivity index (χ1v) is 10.1. The zero-order valence-electron chi connectivity index (χ0n) is 17.2. The summed E-state index contributed by atoms with van der Waals surface area (Å²) in [7, 11) is 3.26. The summed E-state index contributed by atoms with van der Waals surface area (Å²) < 4.78 is 16.2. The van der Waals surface area contributed by atoms with Crippen LogP contribution in [-0.2, 0) is 22.6 Å². The average molecular weight is 410 g/mol. The lowest BCUT2D eigenvalue weighted by molar-refractivity contribution is -0.139. The molecule has 0 saturated carbocycles. The van der Waals surface area contributed by atoms with Gasteiger partial charge in [-0.2, -0.15) is 0 Å². The van der Waals surface area contributed by atoms with E-state index in [2.05, 4.69) is 5.32 Å². The van der Waals surface area contributed by atoms with E-state index in [9.17, 15) is 9.59 Å². The van der Waals surface area contributed by atoms with Gasteiger partial charge in [0.15, 0.2) is 0 Å². The lowest BCUT2D eigenvalue weighted by Crippen LogP contribution is -2.55. The van der Waals surface area contributed by atoms with Crippen LogP contribution < -0.4 is 14.8 Å². The third-order valence-electron chi connectivity index (χ3n) is 5.80. The first-order valence-electron chi connectivity index (χ1n) is 10.1. The highest BCUT2D eigenvalue weighted by atomic mass is 16.5. The number of alkyl carbamates (subject to hydrolysis) is 1. The van der Waals surface area contributed by atoms with Crippen molar-refractivity contribution in [3.05, 3.63) is 59.2 Å². The first kappa shape index (κ1) is 20.1. The molecule has 1 saturated heterocycles. The largest absolute Gasteiger partial charge is 0.497 e. The molecule has 0 radical (unpaired) electrons. The monoisotopic (exact) mass is 410 g/mol. The number of nitrogens with zero attached hydrogens (tertiary/aromatic N) is 1. The Morgan fingerprint density at radius 3 is 2.67 bits per heavy atom. The number of benzene rings is 2. The molecule has 2 amide bonds. The normalized spacial score (nSPS) is 20.1. The van der Waals surface area contributed by atoms with E-state index in [0.29, 0.717) is 13.0 Å². The molecule has 30 heavy (non-hydrogen) atoms. The smallest absolute Gasteiger partial charge is 0.408 e. The molecular formula is C23H26N2O5. The molecule has 0 aliphatic carbocycles. The zero-order chi connectivity index (χ0) is 21.1. The van der Waals surface area contributed by atoms with Crippen LogP contribution in [0.25, 0.3) is 0 Å². The Kier molecular flexibility index (Phi) is 5.79. The van der Waals surface area contributed by atoms with Crippen LogP contribution in [0.3, 0.4) is 0 Å². The van der Waals surface area contributed by atoms with E-state index in [-0.39, 0.29) is 18.6 Å². The van der Waals surface area contributed by atoms with Gasteiger partial charge in [-0.05, 0) is 36.5 Å². The van der Waals surface area contributed by atoms with Gasteiger partial charge in [-0.3, -0.25) is 4.79 Å². The van der Waals surface area contributed by atoms with Crippen molar-refractivity contribution >= 4 is 12.0 Å². The second-order valence-electron chi connectivity index (χ2n) is 7.54. The zero-order valence-corrected chi connectivity index (χ0v) is 17.2. The second-order valence-corrected chi connectivity index (χ2v) is 7.54. The van der Waals surface area contributed by atoms with Gasteiger partial charge in [0.2, 0.25) is 5.91 Å². The van der Waals surface area contributed by atoms with Crippen LogP contribution in [0.2, 0.25) is 0 Å². The number of hydrogen-bond acceptors (Lipinski definition) is 5. The van der Waals surface area contributed by atoms with Crippen molar-refractivity contribution in [2.24, 2.45) is 0 Å². The Morgan fingerprint density at radius 2 is 1.93 bits per heavy atom. The van der Waals surface area contributed by atoms with Crippen LogP contribution in [0, 0.1) is 0 Å². The number of hydrogen-bond donors (Lipinski definition) is 1. The van der Waals surface area contributed by atoms with Crippen molar-refractivity contribution in [1.82, 2.24) is 10.2 Å². The van der Waals surface area contributed by atoms with E-state index < -0.39 is 12.1 Å². The van der Waals surface area contributed by atoms with Crippen LogP contribution in [0.4, 0.5) is 4.79 Å². The van der Waals surface area contributed by atoms with Gasteiger partial charge < -0.3 is 24.4 Å². The van der Waals surface area contributed by atoms with Gasteiger partial charge in [-0.25, -0.2) is 4.79 Å². The summed E-state index contributed by atoms with van der Waals surface area (Å²) >= 11 is 0. The molecule has 2 aliphatic rings. The van der Waals surface area contributed by atoms with Gasteiger partial charge in [0, 0.05) is 18.2 Å². The van der Waals surface area contributed by atoms with E-state index in [0.717, 1.165) is 41.0 Å². The second kappa shape index (κ2) is 8.65. The minimum atomic E-state index is -0.574. The fraction of sp³-hybridized carbons (Fsp3) is 0.391. The third-order valence-corrected chi connectivity index (χ3v) is 5.80. The minimum Gasteiger partial charge on any atom is -0.497 e. The number of carbonyl (C=O) groups is 2. The highest BCUT2D eigenvalue weighted by Gasteiger charge is 2.41. The maximum Gasteiger partial charge on any atom is 0.408 e. The van der Waals surface area contributed by atoms with Crippen LogP contribution in [0.5, 0.6) is 11.5 Å². The molecular weight excluding hydrogens is 384 g/mol. The van der Waals surface area contributed by atoms with Gasteiger partial charge in [0.05, 0.1) is 20.3 Å². The summed E-state index contributed by atoms with van der Waals surface area (Å²) in [6, 6.07) is 12.7. The predicted molar refractivity (Wildman–Crippen MR) is 110 cm³/mol. The van der Waals surface area contributed by atoms with Crippen molar-refractivity contribution in [3.8, 4) is 11.5 Å². The highest BCUT2D eigenvalue weighted by molar-refractivity contribution is 5.87. The minimum absolute atomic E-state index is 0.0551. The van der Waals surface area contributed by atoms with Crippen LogP contribution in [-0.4, -0.2) is 43.7 Å². The summed E-state index contributed by atoms with van der Waals surface area (Å²) in [6.07, 6.45) is 1.44. The fourth-order valence-corrected chi connectivity index (χ4v) is 4.33. The molecule has 158 valence electrons. The number of piperidine rings is 1. The van der Waals surface area contributed by atoms with E-state index >= 15 is 0 Å². The van der Waals surface area contributed by atoms with Gasteiger partial charge in [-0.1, -0.05) is 30.3 Å². The quantitative estimate of drug-likeness (QED) is 0.819. The lowest BCUT2D eigenvalue weighted by Gasteiger charge is -2.43. The Morgan fingerprint density at radius 1 is 1.13 bits per heavy atom. The summed E-state index contributed by atoms with van der Waals surface area (Å²) in [5.74, 6) is 1.41. The number of fused-ring (bicyclic) bond motifs is 3. The van der Waals surface area contributed by atoms with Gasteiger partial charge in [0.1, 0.15) is 24.1 Å². The number of rotatable bonds is 5. The summed E-state index contributed by atoms with van der Waals surface area (Å²) in [5, 5.41) is 2.74. The Hall–Kier alpha value is -3.22. The van der Waals surface area contributed by atoms with Crippen LogP contribution in [0.15, 0.2) is 42.5 Å². The van der Waals surface area contributed by atoms with E-state index in [1.54, 1.807) is 14.2 Å². The van der Waals surface area contributed by atoms with Crippen molar-refractivity contribution in [1.29, 1.82) is 0 Å². The molecule has 0 spiro atoms. The van der Waals surface area contributed by atoms with Crippen LogP contribution >= 0.6 is 0 Å². The van der Waals surface area contributed by atoms with E-state index in [1.807, 2.05) is 47.4 Å². The first-order chi connectivity index (χ1) is 14.6. The number of ether oxygens (including phenoxy) is 3. The molecule has 1 N–H and O–H groups in total. The van der Waals surface area contributed by atoms with Crippen molar-refractivity contribution < 1.29 is 23.8 Å². The lowest BCUT2D eigenvalue weighted by atomic mass is 9.84. The molecule has 2 aliphatic heterocycles. The highest BCUT2D eigenvalue weighted by Crippen LogP contribution is 2.43. The number of carbonyl (C=O) groups excluding carboxylic acids is 2. The van der Waals surface area contributed by atoms with Gasteiger partial charge in [0.25, 0.3) is 0 Å². The summed E-state index contributed by atoms with van der Waals surface area (Å²) in [5.41, 5.74) is 3.09. The molecule has 0 aromatic heterocycles. The molecule has 7 heteroatoms. The van der Waals surface area contributed by atoms with Gasteiger partial charge in [-0.15, -0.1) is 0 Å². The third kappa shape index (κ3) is 3.92. The molecule has 1 fully saturated rings. The number of methoxy groups -OCH3 is 2. The number of amides is 2. The molecule has 7 nitrogen and oxygen atoms in total. The molecule has 0 bridgehead atoms. The SMILES string of the molecule is COc1cc2c(c(OC)c1)[C@H]1CC[C@H](NC(=O)OCc3ccccc3)C(=O)N1CC2. The predicted octanol–water partition coefficient (Wildman–Crippen LogP) is 3.22. The van der Waals surface area contributed by atoms with Gasteiger partial charge >= 0.3 is 6.09 Å². The maximum atomic E-state index is 13.1. The summed E-state index contributed by atoms with van der Waals surface area (Å²) in [6.45, 7) is 0.774. The van der Waals surface area contributed by atoms with E-state index in [4.69, 9.17) is 14.2 Å². The Labute approximate surface area is 175 Å². The molecule has 2 aromatic rings. The molecule has 0 unspecified atom stereocenters. The summed E-state index contributed by atoms with van der Waals surface area (Å²) in [4.78, 5) is 27.2. The molecule has 2 aromatic carbocycles. The van der Waals surface area contributed by atoms with Crippen LogP contribution in [0.1, 0.15) is 35.6 Å². The van der Waals surface area contributed by atoms with Crippen molar-refractivity contribution in [2.75, 3.05) is 20.8 Å². The maximum absolute atomic E-state index is 13.1. The van der Waals surface area contributed by atoms with E-state index in [1.165, 1.54) is 0 Å². The topological polar surface area (TPSA) is 77.1 Å². The molecule has 2 atom stereocenters. The molecule has 4 rings (SSSR count). The number of nitrogens with one attached hydrogen (secondary N) is 1. The Bertz CT molecular complexity index is 913.